The summed E-state index contributed by atoms with van der Waals surface area (Å²) in [7, 11) is 3.20. The van der Waals surface area contributed by atoms with Crippen molar-refractivity contribution in [3.05, 3.63) is 40.7 Å². The third kappa shape index (κ3) is 5.19. The van der Waals surface area contributed by atoms with E-state index < -0.39 is 0 Å². The van der Waals surface area contributed by atoms with E-state index in [1.54, 1.807) is 18.4 Å². The Balaban J connectivity index is 0.00000261. The van der Waals surface area contributed by atoms with Crippen LogP contribution in [0.4, 0.5) is 0 Å². The molecule has 1 fully saturated rings. The van der Waals surface area contributed by atoms with Crippen molar-refractivity contribution in [1.82, 2.24) is 15.2 Å². The fourth-order valence-electron chi connectivity index (χ4n) is 3.22. The molecule has 1 aromatic heterocycles. The highest BCUT2D eigenvalue weighted by molar-refractivity contribution is 14.0. The number of rotatable bonds is 4. The topological polar surface area (TPSA) is 66.8 Å². The van der Waals surface area contributed by atoms with Crippen LogP contribution in [0.15, 0.2) is 40.7 Å². The maximum atomic E-state index is 11.9. The lowest BCUT2D eigenvalue weighted by molar-refractivity contribution is -0.145. The average Bonchev–Trinajstić information content (AvgIpc) is 3.29. The van der Waals surface area contributed by atoms with Crippen LogP contribution in [0.5, 0.6) is 0 Å². The number of hydrogen-bond acceptors (Lipinski definition) is 5. The Morgan fingerprint density at radius 2 is 2.11 bits per heavy atom. The Kier molecular flexibility index (Phi) is 8.03. The Morgan fingerprint density at radius 1 is 1.37 bits per heavy atom. The van der Waals surface area contributed by atoms with Gasteiger partial charge in [0.05, 0.1) is 25.3 Å². The van der Waals surface area contributed by atoms with Crippen molar-refractivity contribution in [2.24, 2.45) is 16.8 Å². The first kappa shape index (κ1) is 21.6. The minimum atomic E-state index is -0.150. The monoisotopic (exact) mass is 500 g/mol. The van der Waals surface area contributed by atoms with Gasteiger partial charge in [-0.25, -0.2) is 4.98 Å². The van der Waals surface area contributed by atoms with E-state index >= 15 is 0 Å². The van der Waals surface area contributed by atoms with E-state index in [1.807, 2.05) is 18.2 Å². The molecule has 146 valence electrons. The summed E-state index contributed by atoms with van der Waals surface area (Å²) in [5.41, 5.74) is 2.11. The molecule has 6 nitrogen and oxygen atoms in total. The van der Waals surface area contributed by atoms with Gasteiger partial charge in [0.25, 0.3) is 0 Å². The number of methoxy groups -OCH3 is 1. The third-order valence-electron chi connectivity index (χ3n) is 4.65. The molecule has 0 saturated carbocycles. The van der Waals surface area contributed by atoms with Crippen molar-refractivity contribution >= 4 is 47.2 Å². The third-order valence-corrected chi connectivity index (χ3v) is 5.50. The molecular formula is C19H25IN4O2S. The number of carbonyl (C=O) groups is 1. The summed E-state index contributed by atoms with van der Waals surface area (Å²) in [5.74, 6) is 0.774. The molecule has 2 heterocycles. The molecule has 2 unspecified atom stereocenters. The molecule has 27 heavy (non-hydrogen) atoms. The van der Waals surface area contributed by atoms with Crippen LogP contribution >= 0.6 is 35.3 Å². The van der Waals surface area contributed by atoms with Crippen molar-refractivity contribution in [3.63, 3.8) is 0 Å². The van der Waals surface area contributed by atoms with Gasteiger partial charge in [-0.15, -0.1) is 35.3 Å². The fraction of sp³-hybridized carbons (Fsp3) is 0.421. The number of aromatic nitrogens is 1. The van der Waals surface area contributed by atoms with Crippen LogP contribution in [-0.2, 0) is 16.1 Å². The lowest BCUT2D eigenvalue weighted by Crippen LogP contribution is -2.40. The number of carbonyl (C=O) groups excluding carboxylic acids is 1. The number of nitrogens with zero attached hydrogens (tertiary/aromatic N) is 3. The number of halogens is 1. The number of benzene rings is 1. The van der Waals surface area contributed by atoms with E-state index in [9.17, 15) is 4.79 Å². The minimum Gasteiger partial charge on any atom is -0.469 e. The minimum absolute atomic E-state index is 0. The van der Waals surface area contributed by atoms with E-state index in [2.05, 4.69) is 39.6 Å². The predicted octanol–water partition coefficient (Wildman–Crippen LogP) is 3.24. The summed E-state index contributed by atoms with van der Waals surface area (Å²) < 4.78 is 4.91. The van der Waals surface area contributed by atoms with Crippen LogP contribution in [0.3, 0.4) is 0 Å². The molecule has 1 aromatic carbocycles. The van der Waals surface area contributed by atoms with Gasteiger partial charge in [-0.05, 0) is 5.92 Å². The molecule has 0 amide bonds. The zero-order valence-corrected chi connectivity index (χ0v) is 18.9. The number of nitrogens with one attached hydrogen (secondary N) is 1. The molecule has 0 bridgehead atoms. The van der Waals surface area contributed by atoms with E-state index in [4.69, 9.17) is 9.72 Å². The van der Waals surface area contributed by atoms with Crippen molar-refractivity contribution in [2.75, 3.05) is 27.2 Å². The Labute approximate surface area is 181 Å². The number of likely N-dealkylation sites (tertiary alicyclic amines) is 1. The molecule has 1 saturated heterocycles. The van der Waals surface area contributed by atoms with Crippen LogP contribution in [0.25, 0.3) is 11.3 Å². The molecule has 8 heteroatoms. The van der Waals surface area contributed by atoms with Gasteiger partial charge in [0, 0.05) is 31.1 Å². The van der Waals surface area contributed by atoms with E-state index in [1.165, 1.54) is 7.11 Å². The first-order valence-electron chi connectivity index (χ1n) is 8.65. The Morgan fingerprint density at radius 3 is 2.78 bits per heavy atom. The number of hydrogen-bond donors (Lipinski definition) is 1. The van der Waals surface area contributed by atoms with Gasteiger partial charge in [-0.1, -0.05) is 37.3 Å². The standard InChI is InChI=1S/C19H24N4O2S.HI/c1-13-10-23(11-15(13)18(24)25-3)19(20-2)21-9-17-22-16(12-26-17)14-7-5-4-6-8-14;/h4-8,12-13,15H,9-11H2,1-3H3,(H,20,21);1H. The van der Waals surface area contributed by atoms with E-state index in [0.717, 1.165) is 28.8 Å². The first-order valence-corrected chi connectivity index (χ1v) is 9.53. The second kappa shape index (κ2) is 10.0. The highest BCUT2D eigenvalue weighted by Gasteiger charge is 2.36. The van der Waals surface area contributed by atoms with Crippen molar-refractivity contribution < 1.29 is 9.53 Å². The largest absolute Gasteiger partial charge is 0.469 e. The van der Waals surface area contributed by atoms with Gasteiger partial charge in [-0.3, -0.25) is 9.79 Å². The molecule has 0 aliphatic carbocycles. The van der Waals surface area contributed by atoms with Crippen LogP contribution in [0, 0.1) is 11.8 Å². The van der Waals surface area contributed by atoms with E-state index in [-0.39, 0.29) is 41.8 Å². The van der Waals surface area contributed by atoms with Crippen molar-refractivity contribution in [3.8, 4) is 11.3 Å². The number of aliphatic imine (C=N–C) groups is 1. The van der Waals surface area contributed by atoms with Gasteiger partial charge in [-0.2, -0.15) is 0 Å². The summed E-state index contributed by atoms with van der Waals surface area (Å²) in [5, 5.41) is 6.43. The number of guanidine groups is 1. The van der Waals surface area contributed by atoms with Crippen LogP contribution < -0.4 is 5.32 Å². The van der Waals surface area contributed by atoms with E-state index in [0.29, 0.717) is 13.1 Å². The normalized spacial score (nSPS) is 19.5. The highest BCUT2D eigenvalue weighted by atomic mass is 127. The Hall–Kier alpha value is -1.68. The van der Waals surface area contributed by atoms with Crippen LogP contribution in [-0.4, -0.2) is 49.1 Å². The quantitative estimate of drug-likeness (QED) is 0.302. The van der Waals surface area contributed by atoms with Gasteiger partial charge in [0.2, 0.25) is 0 Å². The molecule has 2 aromatic rings. The van der Waals surface area contributed by atoms with Crippen LogP contribution in [0.1, 0.15) is 11.9 Å². The second-order valence-electron chi connectivity index (χ2n) is 6.41. The lowest BCUT2D eigenvalue weighted by atomic mass is 9.99. The second-order valence-corrected chi connectivity index (χ2v) is 7.35. The fourth-order valence-corrected chi connectivity index (χ4v) is 3.96. The van der Waals surface area contributed by atoms with Crippen LogP contribution in [0.2, 0.25) is 0 Å². The molecule has 0 radical (unpaired) electrons. The zero-order valence-electron chi connectivity index (χ0n) is 15.7. The predicted molar refractivity (Wildman–Crippen MR) is 119 cm³/mol. The molecular weight excluding hydrogens is 475 g/mol. The summed E-state index contributed by atoms with van der Waals surface area (Å²) in [6.07, 6.45) is 0. The molecule has 0 spiro atoms. The first-order chi connectivity index (χ1) is 12.6. The maximum Gasteiger partial charge on any atom is 0.310 e. The lowest BCUT2D eigenvalue weighted by Gasteiger charge is -2.21. The SMILES string of the molecule is CN=C(NCc1nc(-c2ccccc2)cs1)N1CC(C)C(C(=O)OC)C1.I. The molecule has 2 atom stereocenters. The smallest absolute Gasteiger partial charge is 0.310 e. The Bertz CT molecular complexity index is 781. The molecule has 1 aliphatic heterocycles. The zero-order chi connectivity index (χ0) is 18.5. The average molecular weight is 500 g/mol. The molecule has 1 N–H and O–H groups in total. The van der Waals surface area contributed by atoms with Crippen molar-refractivity contribution in [2.45, 2.75) is 13.5 Å². The van der Waals surface area contributed by atoms with Gasteiger partial charge >= 0.3 is 5.97 Å². The summed E-state index contributed by atoms with van der Waals surface area (Å²) >= 11 is 1.63. The number of esters is 1. The highest BCUT2D eigenvalue weighted by Crippen LogP contribution is 2.24. The molecule has 1 aliphatic rings. The number of ether oxygens (including phenoxy) is 1. The summed E-state index contributed by atoms with van der Waals surface area (Å²) in [6.45, 7) is 4.09. The van der Waals surface area contributed by atoms with Gasteiger partial charge in [0.1, 0.15) is 5.01 Å². The van der Waals surface area contributed by atoms with Crippen molar-refractivity contribution in [1.29, 1.82) is 0 Å². The van der Waals surface area contributed by atoms with Gasteiger partial charge < -0.3 is 15.0 Å². The van der Waals surface area contributed by atoms with Gasteiger partial charge in [0.15, 0.2) is 5.96 Å². The summed E-state index contributed by atoms with van der Waals surface area (Å²) in [6, 6.07) is 10.1. The number of thiazole rings is 1. The molecule has 3 rings (SSSR count). The summed E-state index contributed by atoms with van der Waals surface area (Å²) in [4.78, 5) is 23.0. The maximum absolute atomic E-state index is 11.9.